The van der Waals surface area contributed by atoms with Gasteiger partial charge in [-0.15, -0.1) is 11.3 Å². The van der Waals surface area contributed by atoms with Gasteiger partial charge in [0.2, 0.25) is 0 Å². The minimum atomic E-state index is -0.0787. The Balaban J connectivity index is 2.11. The number of aromatic nitrogens is 2. The van der Waals surface area contributed by atoms with E-state index < -0.39 is 0 Å². The van der Waals surface area contributed by atoms with Crippen molar-refractivity contribution in [3.05, 3.63) is 38.5 Å². The highest BCUT2D eigenvalue weighted by Crippen LogP contribution is 2.20. The molecule has 0 aliphatic carbocycles. The van der Waals surface area contributed by atoms with Crippen molar-refractivity contribution in [3.63, 3.8) is 0 Å². The summed E-state index contributed by atoms with van der Waals surface area (Å²) < 4.78 is 2.90. The molecule has 0 aliphatic rings. The van der Waals surface area contributed by atoms with E-state index in [1.54, 1.807) is 11.3 Å². The van der Waals surface area contributed by atoms with E-state index in [1.807, 2.05) is 36.9 Å². The molecule has 1 N–H and O–H groups in total. The van der Waals surface area contributed by atoms with E-state index in [-0.39, 0.29) is 11.9 Å². The van der Waals surface area contributed by atoms with Gasteiger partial charge in [-0.3, -0.25) is 4.79 Å². The number of thiazole rings is 1. The quantitative estimate of drug-likeness (QED) is 0.883. The molecule has 6 heteroatoms. The number of aryl methyl sites for hydroxylation is 2. The number of hydrogen-bond donors (Lipinski definition) is 1. The van der Waals surface area contributed by atoms with Crippen LogP contribution in [0.1, 0.15) is 46.7 Å². The summed E-state index contributed by atoms with van der Waals surface area (Å²) >= 11 is 5.04. The van der Waals surface area contributed by atoms with E-state index in [2.05, 4.69) is 33.2 Å². The summed E-state index contributed by atoms with van der Waals surface area (Å²) in [5.74, 6) is -0.0653. The van der Waals surface area contributed by atoms with Crippen molar-refractivity contribution in [2.45, 2.75) is 39.8 Å². The molecule has 108 valence electrons. The number of amides is 1. The number of halogens is 1. The molecule has 1 amide bonds. The van der Waals surface area contributed by atoms with Crippen LogP contribution < -0.4 is 5.32 Å². The Labute approximate surface area is 131 Å². The summed E-state index contributed by atoms with van der Waals surface area (Å²) in [7, 11) is 0. The minimum absolute atomic E-state index is 0.0653. The first-order valence-corrected chi connectivity index (χ1v) is 8.21. The second-order valence-electron chi connectivity index (χ2n) is 4.74. The van der Waals surface area contributed by atoms with Gasteiger partial charge in [-0.25, -0.2) is 4.98 Å². The van der Waals surface area contributed by atoms with Crippen LogP contribution in [0.15, 0.2) is 22.9 Å². The third-order valence-electron chi connectivity index (χ3n) is 2.92. The monoisotopic (exact) mass is 355 g/mol. The van der Waals surface area contributed by atoms with Gasteiger partial charge in [0.05, 0.1) is 6.04 Å². The largest absolute Gasteiger partial charge is 0.342 e. The van der Waals surface area contributed by atoms with Crippen LogP contribution in [0, 0.1) is 6.92 Å². The molecule has 0 radical (unpaired) electrons. The number of hydrogen-bond acceptors (Lipinski definition) is 3. The Morgan fingerprint density at radius 3 is 2.95 bits per heavy atom. The molecule has 2 aromatic heterocycles. The summed E-state index contributed by atoms with van der Waals surface area (Å²) in [6.45, 7) is 6.90. The van der Waals surface area contributed by atoms with Crippen LogP contribution in [-0.2, 0) is 6.54 Å². The van der Waals surface area contributed by atoms with Crippen molar-refractivity contribution in [1.82, 2.24) is 14.9 Å². The third-order valence-corrected chi connectivity index (χ3v) is 4.45. The van der Waals surface area contributed by atoms with E-state index in [9.17, 15) is 4.79 Å². The van der Waals surface area contributed by atoms with E-state index in [1.165, 1.54) is 0 Å². The molecule has 0 saturated heterocycles. The minimum Gasteiger partial charge on any atom is -0.342 e. The lowest BCUT2D eigenvalue weighted by Gasteiger charge is -2.13. The molecule has 1 unspecified atom stereocenters. The Morgan fingerprint density at radius 1 is 1.60 bits per heavy atom. The van der Waals surface area contributed by atoms with Gasteiger partial charge >= 0.3 is 0 Å². The Kier molecular flexibility index (Phi) is 4.99. The Hall–Kier alpha value is -1.14. The maximum absolute atomic E-state index is 12.4. The highest BCUT2D eigenvalue weighted by molar-refractivity contribution is 9.10. The predicted molar refractivity (Wildman–Crippen MR) is 85.2 cm³/mol. The molecule has 2 aromatic rings. The Morgan fingerprint density at radius 2 is 2.35 bits per heavy atom. The maximum atomic E-state index is 12.4. The van der Waals surface area contributed by atoms with Crippen LogP contribution in [0.4, 0.5) is 0 Å². The highest BCUT2D eigenvalue weighted by Gasteiger charge is 2.17. The van der Waals surface area contributed by atoms with Crippen LogP contribution in [-0.4, -0.2) is 15.5 Å². The maximum Gasteiger partial charge on any atom is 0.268 e. The van der Waals surface area contributed by atoms with Gasteiger partial charge in [0.15, 0.2) is 0 Å². The zero-order valence-corrected chi connectivity index (χ0v) is 14.2. The fraction of sp³-hybridized carbons (Fsp3) is 0.429. The van der Waals surface area contributed by atoms with Crippen LogP contribution in [0.2, 0.25) is 0 Å². The summed E-state index contributed by atoms with van der Waals surface area (Å²) in [6.07, 6.45) is 4.76. The van der Waals surface area contributed by atoms with Gasteiger partial charge in [-0.2, -0.15) is 0 Å². The molecule has 0 bridgehead atoms. The standard InChI is InChI=1S/C14H18BrN3OS/c1-4-5-18-8-11(15)6-12(18)13(19)17-10(3)14-16-7-9(2)20-14/h6-8,10H,4-5H2,1-3H3,(H,17,19). The third kappa shape index (κ3) is 3.49. The molecule has 4 nitrogen and oxygen atoms in total. The number of nitrogens with zero attached hydrogens (tertiary/aromatic N) is 2. The SMILES string of the molecule is CCCn1cc(Br)cc1C(=O)NC(C)c1ncc(C)s1. The molecular weight excluding hydrogens is 338 g/mol. The van der Waals surface area contributed by atoms with Crippen LogP contribution in [0.25, 0.3) is 0 Å². The number of rotatable bonds is 5. The van der Waals surface area contributed by atoms with Crippen molar-refractivity contribution in [2.75, 3.05) is 0 Å². The fourth-order valence-corrected chi connectivity index (χ4v) is 3.24. The summed E-state index contributed by atoms with van der Waals surface area (Å²) in [5, 5.41) is 3.94. The molecule has 2 heterocycles. The van der Waals surface area contributed by atoms with Gasteiger partial charge in [-0.1, -0.05) is 6.92 Å². The van der Waals surface area contributed by atoms with E-state index >= 15 is 0 Å². The number of carbonyl (C=O) groups excluding carboxylic acids is 1. The molecular formula is C14H18BrN3OS. The number of carbonyl (C=O) groups is 1. The van der Waals surface area contributed by atoms with Crippen molar-refractivity contribution >= 4 is 33.2 Å². The summed E-state index contributed by atoms with van der Waals surface area (Å²) in [5.41, 5.74) is 0.679. The van der Waals surface area contributed by atoms with Crippen molar-refractivity contribution < 1.29 is 4.79 Å². The average molecular weight is 356 g/mol. The molecule has 0 aromatic carbocycles. The molecule has 2 rings (SSSR count). The lowest BCUT2D eigenvalue weighted by Crippen LogP contribution is -2.28. The van der Waals surface area contributed by atoms with E-state index in [4.69, 9.17) is 0 Å². The molecule has 0 fully saturated rings. The first-order chi connectivity index (χ1) is 9.51. The summed E-state index contributed by atoms with van der Waals surface area (Å²) in [4.78, 5) is 17.8. The molecule has 0 spiro atoms. The Bertz CT molecular complexity index is 605. The second kappa shape index (κ2) is 6.54. The van der Waals surface area contributed by atoms with Crippen LogP contribution in [0.5, 0.6) is 0 Å². The second-order valence-corrected chi connectivity index (χ2v) is 6.92. The molecule has 0 saturated carbocycles. The van der Waals surface area contributed by atoms with Gasteiger partial charge < -0.3 is 9.88 Å². The molecule has 1 atom stereocenters. The normalized spacial score (nSPS) is 12.4. The first-order valence-electron chi connectivity index (χ1n) is 6.60. The average Bonchev–Trinajstić information content (AvgIpc) is 2.96. The van der Waals surface area contributed by atoms with Gasteiger partial charge in [0, 0.05) is 28.3 Å². The first kappa shape index (κ1) is 15.3. The van der Waals surface area contributed by atoms with E-state index in [0.717, 1.165) is 27.3 Å². The molecule has 20 heavy (non-hydrogen) atoms. The van der Waals surface area contributed by atoms with Crippen molar-refractivity contribution in [2.24, 2.45) is 0 Å². The fourth-order valence-electron chi connectivity index (χ4n) is 2.00. The molecule has 0 aliphatic heterocycles. The highest BCUT2D eigenvalue weighted by atomic mass is 79.9. The summed E-state index contributed by atoms with van der Waals surface area (Å²) in [6, 6.07) is 1.77. The van der Waals surface area contributed by atoms with E-state index in [0.29, 0.717) is 5.69 Å². The van der Waals surface area contributed by atoms with Gasteiger partial charge in [-0.05, 0) is 42.3 Å². The van der Waals surface area contributed by atoms with Crippen molar-refractivity contribution in [3.8, 4) is 0 Å². The van der Waals surface area contributed by atoms with Gasteiger partial charge in [0.25, 0.3) is 5.91 Å². The topological polar surface area (TPSA) is 46.9 Å². The zero-order chi connectivity index (χ0) is 14.7. The zero-order valence-electron chi connectivity index (χ0n) is 11.8. The van der Waals surface area contributed by atoms with Crippen LogP contribution in [0.3, 0.4) is 0 Å². The predicted octanol–water partition coefficient (Wildman–Crippen LogP) is 3.92. The van der Waals surface area contributed by atoms with Crippen molar-refractivity contribution in [1.29, 1.82) is 0 Å². The number of nitrogens with one attached hydrogen (secondary N) is 1. The lowest BCUT2D eigenvalue weighted by atomic mass is 10.3. The van der Waals surface area contributed by atoms with Crippen LogP contribution >= 0.6 is 27.3 Å². The lowest BCUT2D eigenvalue weighted by molar-refractivity contribution is 0.0930. The van der Waals surface area contributed by atoms with Gasteiger partial charge in [0.1, 0.15) is 10.7 Å². The smallest absolute Gasteiger partial charge is 0.268 e.